The number of carboxylic acids is 1. The molecule has 0 aliphatic heterocycles. The van der Waals surface area contributed by atoms with Crippen molar-refractivity contribution in [1.29, 1.82) is 0 Å². The van der Waals surface area contributed by atoms with Crippen LogP contribution in [0.1, 0.15) is 19.4 Å². The zero-order valence-corrected chi connectivity index (χ0v) is 12.6. The van der Waals surface area contributed by atoms with Gasteiger partial charge in [-0.1, -0.05) is 18.7 Å². The van der Waals surface area contributed by atoms with Crippen LogP contribution >= 0.6 is 27.7 Å². The topological polar surface area (TPSA) is 68.0 Å². The molecule has 1 N–H and O–H groups in total. The zero-order valence-electron chi connectivity index (χ0n) is 10.2. The number of halogens is 1. The Morgan fingerprint density at radius 3 is 3.05 bits per heavy atom. The maximum Gasteiger partial charge on any atom is 0.313 e. The van der Waals surface area contributed by atoms with Gasteiger partial charge in [0.05, 0.1) is 5.75 Å². The van der Waals surface area contributed by atoms with E-state index in [-0.39, 0.29) is 5.75 Å². The van der Waals surface area contributed by atoms with Crippen LogP contribution in [0.25, 0.3) is 11.2 Å². The molecule has 5 nitrogen and oxygen atoms in total. The Morgan fingerprint density at radius 2 is 2.42 bits per heavy atom. The Labute approximate surface area is 122 Å². The first-order valence-electron chi connectivity index (χ1n) is 5.94. The summed E-state index contributed by atoms with van der Waals surface area (Å²) in [4.78, 5) is 19.7. The quantitative estimate of drug-likeness (QED) is 0.866. The number of hydrogen-bond acceptors (Lipinski definition) is 4. The summed E-state index contributed by atoms with van der Waals surface area (Å²) in [6.45, 7) is 2.18. The van der Waals surface area contributed by atoms with Crippen LogP contribution in [0.15, 0.2) is 21.9 Å². The minimum atomic E-state index is -0.832. The standard InChI is InChI=1S/C12H12BrN3O2S/c1-6-2-9(6)16-11-8(3-7(13)4-14-11)15-12(16)19-5-10(17)18/h3-4,6,9H,2,5H2,1H3,(H,17,18). The van der Waals surface area contributed by atoms with E-state index in [1.807, 2.05) is 6.07 Å². The number of thioether (sulfide) groups is 1. The highest BCUT2D eigenvalue weighted by atomic mass is 79.9. The Bertz CT molecular complexity index is 658. The van der Waals surface area contributed by atoms with Crippen LogP contribution in [-0.2, 0) is 4.79 Å². The van der Waals surface area contributed by atoms with Crippen LogP contribution in [0, 0.1) is 5.92 Å². The number of rotatable bonds is 4. The number of carboxylic acid groups (broad SMARTS) is 1. The van der Waals surface area contributed by atoms with Crippen molar-refractivity contribution in [3.8, 4) is 0 Å². The summed E-state index contributed by atoms with van der Waals surface area (Å²) in [6.07, 6.45) is 2.85. The third-order valence-corrected chi connectivity index (χ3v) is 4.56. The van der Waals surface area contributed by atoms with Crippen LogP contribution in [0.3, 0.4) is 0 Å². The predicted molar refractivity (Wildman–Crippen MR) is 76.4 cm³/mol. The second-order valence-corrected chi connectivity index (χ2v) is 6.58. The third kappa shape index (κ3) is 2.49. The van der Waals surface area contributed by atoms with Gasteiger partial charge in [-0.05, 0) is 34.3 Å². The molecule has 0 amide bonds. The van der Waals surface area contributed by atoms with Crippen LogP contribution < -0.4 is 0 Å². The van der Waals surface area contributed by atoms with Gasteiger partial charge in [0.1, 0.15) is 5.52 Å². The number of aliphatic carboxylic acids is 1. The number of hydrogen-bond donors (Lipinski definition) is 1. The summed E-state index contributed by atoms with van der Waals surface area (Å²) in [6, 6.07) is 2.31. The lowest BCUT2D eigenvalue weighted by Gasteiger charge is -2.05. The van der Waals surface area contributed by atoms with E-state index in [2.05, 4.69) is 37.4 Å². The lowest BCUT2D eigenvalue weighted by atomic mass is 10.4. The predicted octanol–water partition coefficient (Wildman–Crippen LogP) is 2.95. The van der Waals surface area contributed by atoms with Crippen molar-refractivity contribution in [1.82, 2.24) is 14.5 Å². The van der Waals surface area contributed by atoms with E-state index in [9.17, 15) is 4.79 Å². The van der Waals surface area contributed by atoms with E-state index >= 15 is 0 Å². The molecule has 19 heavy (non-hydrogen) atoms. The van der Waals surface area contributed by atoms with E-state index in [4.69, 9.17) is 5.11 Å². The number of carbonyl (C=O) groups is 1. The summed E-state index contributed by atoms with van der Waals surface area (Å²) >= 11 is 4.63. The van der Waals surface area contributed by atoms with E-state index in [1.54, 1.807) is 6.20 Å². The summed E-state index contributed by atoms with van der Waals surface area (Å²) in [5.41, 5.74) is 1.65. The monoisotopic (exact) mass is 341 g/mol. The van der Waals surface area contributed by atoms with Crippen molar-refractivity contribution in [3.63, 3.8) is 0 Å². The molecular formula is C12H12BrN3O2S. The molecular weight excluding hydrogens is 330 g/mol. The average molecular weight is 342 g/mol. The second kappa shape index (κ2) is 4.79. The summed E-state index contributed by atoms with van der Waals surface area (Å²) in [7, 11) is 0. The fraction of sp³-hybridized carbons (Fsp3) is 0.417. The van der Waals surface area contributed by atoms with Crippen LogP contribution in [-0.4, -0.2) is 31.4 Å². The average Bonchev–Trinajstić information content (AvgIpc) is 2.95. The van der Waals surface area contributed by atoms with Gasteiger partial charge in [-0.2, -0.15) is 0 Å². The van der Waals surface area contributed by atoms with Crippen LogP contribution in [0.5, 0.6) is 0 Å². The Morgan fingerprint density at radius 1 is 1.68 bits per heavy atom. The minimum absolute atomic E-state index is 0.0194. The van der Waals surface area contributed by atoms with Gasteiger partial charge in [-0.25, -0.2) is 9.97 Å². The maximum absolute atomic E-state index is 10.7. The molecule has 7 heteroatoms. The van der Waals surface area contributed by atoms with Gasteiger partial charge in [-0.3, -0.25) is 4.79 Å². The lowest BCUT2D eigenvalue weighted by Crippen LogP contribution is -2.03. The number of imidazole rings is 1. The molecule has 2 unspecified atom stereocenters. The number of aromatic nitrogens is 3. The summed E-state index contributed by atoms with van der Waals surface area (Å²) in [5, 5.41) is 9.56. The molecule has 0 spiro atoms. The first-order valence-corrected chi connectivity index (χ1v) is 7.72. The normalized spacial score (nSPS) is 21.8. The van der Waals surface area contributed by atoms with Crippen molar-refractivity contribution in [2.45, 2.75) is 24.5 Å². The molecule has 1 aliphatic carbocycles. The van der Waals surface area contributed by atoms with Crippen molar-refractivity contribution >= 4 is 44.8 Å². The smallest absolute Gasteiger partial charge is 0.313 e. The number of nitrogens with zero attached hydrogens (tertiary/aromatic N) is 3. The second-order valence-electron chi connectivity index (χ2n) is 4.72. The van der Waals surface area contributed by atoms with E-state index < -0.39 is 5.97 Å². The highest BCUT2D eigenvalue weighted by molar-refractivity contribution is 9.10. The third-order valence-electron chi connectivity index (χ3n) is 3.19. The fourth-order valence-corrected chi connectivity index (χ4v) is 3.22. The van der Waals surface area contributed by atoms with Crippen LogP contribution in [0.4, 0.5) is 0 Å². The molecule has 1 saturated carbocycles. The molecule has 0 saturated heterocycles. The van der Waals surface area contributed by atoms with Gasteiger partial charge in [0.15, 0.2) is 10.8 Å². The van der Waals surface area contributed by atoms with E-state index in [1.165, 1.54) is 11.8 Å². The van der Waals surface area contributed by atoms with Crippen molar-refractivity contribution in [3.05, 3.63) is 16.7 Å². The molecule has 2 aromatic rings. The van der Waals surface area contributed by atoms with Gasteiger partial charge >= 0.3 is 5.97 Å². The largest absolute Gasteiger partial charge is 0.481 e. The van der Waals surface area contributed by atoms with Gasteiger partial charge < -0.3 is 9.67 Å². The first-order chi connectivity index (χ1) is 9.06. The molecule has 0 aromatic carbocycles. The number of fused-ring (bicyclic) bond motifs is 1. The maximum atomic E-state index is 10.7. The SMILES string of the molecule is CC1CC1n1c(SCC(=O)O)nc2cc(Br)cnc21. The van der Waals surface area contributed by atoms with E-state index in [0.29, 0.717) is 12.0 Å². The molecule has 100 valence electrons. The van der Waals surface area contributed by atoms with Crippen molar-refractivity contribution < 1.29 is 9.90 Å². The molecule has 2 aromatic heterocycles. The van der Waals surface area contributed by atoms with Gasteiger partial charge in [-0.15, -0.1) is 0 Å². The first kappa shape index (κ1) is 12.9. The number of pyridine rings is 1. The Kier molecular flexibility index (Phi) is 3.26. The minimum Gasteiger partial charge on any atom is -0.481 e. The summed E-state index contributed by atoms with van der Waals surface area (Å²) in [5.74, 6) is -0.209. The fourth-order valence-electron chi connectivity index (χ4n) is 2.13. The van der Waals surface area contributed by atoms with Crippen LogP contribution in [0.2, 0.25) is 0 Å². The highest BCUT2D eigenvalue weighted by Gasteiger charge is 2.37. The van der Waals surface area contributed by atoms with E-state index in [0.717, 1.165) is 27.2 Å². The molecule has 3 rings (SSSR count). The molecule has 0 bridgehead atoms. The molecule has 1 aliphatic rings. The lowest BCUT2D eigenvalue weighted by molar-refractivity contribution is -0.133. The van der Waals surface area contributed by atoms with Gasteiger partial charge in [0.25, 0.3) is 0 Å². The van der Waals surface area contributed by atoms with Crippen molar-refractivity contribution in [2.75, 3.05) is 5.75 Å². The summed E-state index contributed by atoms with van der Waals surface area (Å²) < 4.78 is 2.96. The molecule has 1 fully saturated rings. The Hall–Kier alpha value is -1.08. The Balaban J connectivity index is 2.05. The zero-order chi connectivity index (χ0) is 13.6. The van der Waals surface area contributed by atoms with Gasteiger partial charge in [0.2, 0.25) is 0 Å². The molecule has 2 atom stereocenters. The molecule has 2 heterocycles. The highest BCUT2D eigenvalue weighted by Crippen LogP contribution is 2.46. The molecule has 0 radical (unpaired) electrons. The van der Waals surface area contributed by atoms with Crippen molar-refractivity contribution in [2.24, 2.45) is 5.92 Å². The van der Waals surface area contributed by atoms with Gasteiger partial charge in [0, 0.05) is 16.7 Å².